The Morgan fingerprint density at radius 2 is 2.26 bits per heavy atom. The van der Waals surface area contributed by atoms with Crippen molar-refractivity contribution in [2.24, 2.45) is 5.92 Å². The molecule has 0 bridgehead atoms. The van der Waals surface area contributed by atoms with Gasteiger partial charge >= 0.3 is 0 Å². The van der Waals surface area contributed by atoms with E-state index >= 15 is 0 Å². The van der Waals surface area contributed by atoms with Crippen molar-refractivity contribution in [3.8, 4) is 0 Å². The molecule has 19 heavy (non-hydrogen) atoms. The molecular weight excluding hydrogens is 302 g/mol. The Hall–Kier alpha value is -0.380. The van der Waals surface area contributed by atoms with Gasteiger partial charge in [0.2, 0.25) is 0 Å². The van der Waals surface area contributed by atoms with Crippen molar-refractivity contribution >= 4 is 15.9 Å². The summed E-state index contributed by atoms with van der Waals surface area (Å²) in [6, 6.07) is 7.05. The molecule has 0 spiro atoms. The summed E-state index contributed by atoms with van der Waals surface area (Å²) in [6.45, 7) is 7.15. The van der Waals surface area contributed by atoms with Crippen LogP contribution in [-0.2, 0) is 11.2 Å². The zero-order valence-electron chi connectivity index (χ0n) is 11.9. The fourth-order valence-electron chi connectivity index (χ4n) is 2.59. The highest BCUT2D eigenvalue weighted by Gasteiger charge is 2.22. The molecule has 0 aromatic heterocycles. The van der Waals surface area contributed by atoms with Crippen molar-refractivity contribution in [3.05, 3.63) is 33.8 Å². The molecule has 0 fully saturated rings. The maximum atomic E-state index is 5.60. The van der Waals surface area contributed by atoms with Crippen LogP contribution in [0.1, 0.15) is 43.9 Å². The molecule has 0 saturated heterocycles. The van der Waals surface area contributed by atoms with Crippen molar-refractivity contribution in [1.29, 1.82) is 0 Å². The Kier molecular flexibility index (Phi) is 5.86. The van der Waals surface area contributed by atoms with Crippen molar-refractivity contribution < 1.29 is 4.74 Å². The molecule has 0 aliphatic heterocycles. The molecule has 0 amide bonds. The summed E-state index contributed by atoms with van der Waals surface area (Å²) in [4.78, 5) is 0. The molecule has 0 saturated carbocycles. The van der Waals surface area contributed by atoms with Gasteiger partial charge in [-0.1, -0.05) is 41.9 Å². The predicted octanol–water partition coefficient (Wildman–Crippen LogP) is 4.09. The predicted molar refractivity (Wildman–Crippen MR) is 83.5 cm³/mol. The highest BCUT2D eigenvalue weighted by Crippen LogP contribution is 2.35. The fraction of sp³-hybridized carbons (Fsp3) is 0.625. The number of benzene rings is 1. The van der Waals surface area contributed by atoms with E-state index in [1.54, 1.807) is 0 Å². The van der Waals surface area contributed by atoms with Crippen molar-refractivity contribution in [2.75, 3.05) is 19.8 Å². The van der Waals surface area contributed by atoms with Gasteiger partial charge < -0.3 is 10.1 Å². The van der Waals surface area contributed by atoms with Crippen LogP contribution >= 0.6 is 15.9 Å². The molecule has 1 aliphatic carbocycles. The van der Waals surface area contributed by atoms with Crippen LogP contribution in [0.5, 0.6) is 0 Å². The molecule has 1 aromatic rings. The average molecular weight is 326 g/mol. The molecule has 0 radical (unpaired) electrons. The minimum Gasteiger partial charge on any atom is -0.381 e. The summed E-state index contributed by atoms with van der Waals surface area (Å²) in [5.41, 5.74) is 2.95. The average Bonchev–Trinajstić information content (AvgIpc) is 2.78. The molecule has 1 unspecified atom stereocenters. The lowest BCUT2D eigenvalue weighted by molar-refractivity contribution is 0.107. The van der Waals surface area contributed by atoms with Crippen LogP contribution in [0.3, 0.4) is 0 Å². The third-order valence-electron chi connectivity index (χ3n) is 3.52. The minimum absolute atomic E-state index is 0.526. The minimum atomic E-state index is 0.526. The first-order valence-corrected chi connectivity index (χ1v) is 8.06. The molecule has 106 valence electrons. The van der Waals surface area contributed by atoms with E-state index in [0.717, 1.165) is 26.2 Å². The summed E-state index contributed by atoms with van der Waals surface area (Å²) in [7, 11) is 0. The van der Waals surface area contributed by atoms with Crippen LogP contribution in [0.15, 0.2) is 22.7 Å². The number of ether oxygens (including phenoxy) is 1. The first-order chi connectivity index (χ1) is 9.18. The van der Waals surface area contributed by atoms with Gasteiger partial charge in [-0.2, -0.15) is 0 Å². The molecule has 2 rings (SSSR count). The Labute approximate surface area is 125 Å². The van der Waals surface area contributed by atoms with E-state index in [1.165, 1.54) is 28.4 Å². The van der Waals surface area contributed by atoms with Crippen LogP contribution < -0.4 is 5.32 Å². The molecule has 1 atom stereocenters. The smallest absolute Gasteiger partial charge is 0.0489 e. The lowest BCUT2D eigenvalue weighted by atomic mass is 10.1. The van der Waals surface area contributed by atoms with E-state index in [2.05, 4.69) is 53.3 Å². The first-order valence-electron chi connectivity index (χ1n) is 7.27. The van der Waals surface area contributed by atoms with Gasteiger partial charge in [0, 0.05) is 23.7 Å². The van der Waals surface area contributed by atoms with Gasteiger partial charge in [0.25, 0.3) is 0 Å². The molecule has 1 aliphatic rings. The van der Waals surface area contributed by atoms with E-state index in [0.29, 0.717) is 12.0 Å². The second-order valence-electron chi connectivity index (χ2n) is 5.68. The lowest BCUT2D eigenvalue weighted by Crippen LogP contribution is -2.21. The van der Waals surface area contributed by atoms with Gasteiger partial charge in [-0.3, -0.25) is 0 Å². The van der Waals surface area contributed by atoms with E-state index in [-0.39, 0.29) is 0 Å². The summed E-state index contributed by atoms with van der Waals surface area (Å²) < 4.78 is 6.86. The number of nitrogens with one attached hydrogen (secondary N) is 1. The first kappa shape index (κ1) is 15.0. The molecular formula is C16H24BrNO. The van der Waals surface area contributed by atoms with Gasteiger partial charge in [-0.25, -0.2) is 0 Å². The second kappa shape index (κ2) is 7.41. The fourth-order valence-corrected chi connectivity index (χ4v) is 3.17. The maximum Gasteiger partial charge on any atom is 0.0489 e. The summed E-state index contributed by atoms with van der Waals surface area (Å²) in [5.74, 6) is 0.631. The Morgan fingerprint density at radius 1 is 1.42 bits per heavy atom. The van der Waals surface area contributed by atoms with Gasteiger partial charge in [-0.15, -0.1) is 0 Å². The molecule has 1 N–H and O–H groups in total. The largest absolute Gasteiger partial charge is 0.381 e. The highest BCUT2D eigenvalue weighted by atomic mass is 79.9. The number of hydrogen-bond donors (Lipinski definition) is 1. The van der Waals surface area contributed by atoms with Crippen LogP contribution in [0.2, 0.25) is 0 Å². The van der Waals surface area contributed by atoms with Gasteiger partial charge in [-0.05, 0) is 48.9 Å². The van der Waals surface area contributed by atoms with Crippen molar-refractivity contribution in [3.63, 3.8) is 0 Å². The van der Waals surface area contributed by atoms with Crippen LogP contribution in [0.4, 0.5) is 0 Å². The summed E-state index contributed by atoms with van der Waals surface area (Å²) in [6.07, 6.45) is 3.48. The monoisotopic (exact) mass is 325 g/mol. The van der Waals surface area contributed by atoms with E-state index in [9.17, 15) is 0 Å². The normalized spacial score (nSPS) is 18.0. The van der Waals surface area contributed by atoms with E-state index in [4.69, 9.17) is 4.74 Å². The second-order valence-corrected chi connectivity index (χ2v) is 6.53. The molecule has 0 heterocycles. The Balaban J connectivity index is 1.70. The van der Waals surface area contributed by atoms with Crippen LogP contribution in [0, 0.1) is 5.92 Å². The topological polar surface area (TPSA) is 21.3 Å². The number of rotatable bonds is 7. The van der Waals surface area contributed by atoms with Gasteiger partial charge in [0.15, 0.2) is 0 Å². The maximum absolute atomic E-state index is 5.60. The van der Waals surface area contributed by atoms with Crippen LogP contribution in [0.25, 0.3) is 0 Å². The van der Waals surface area contributed by atoms with Gasteiger partial charge in [0.05, 0.1) is 0 Å². The summed E-state index contributed by atoms with van der Waals surface area (Å²) in [5, 5.41) is 3.65. The SMILES string of the molecule is CC(C)COCCCNC1CCc2c(Br)cccc21. The zero-order valence-corrected chi connectivity index (χ0v) is 13.5. The molecule has 2 nitrogen and oxygen atoms in total. The molecule has 3 heteroatoms. The van der Waals surface area contributed by atoms with E-state index < -0.39 is 0 Å². The van der Waals surface area contributed by atoms with Crippen molar-refractivity contribution in [2.45, 2.75) is 39.2 Å². The van der Waals surface area contributed by atoms with Crippen molar-refractivity contribution in [1.82, 2.24) is 5.32 Å². The third-order valence-corrected chi connectivity index (χ3v) is 4.26. The lowest BCUT2D eigenvalue weighted by Gasteiger charge is -2.14. The summed E-state index contributed by atoms with van der Waals surface area (Å²) >= 11 is 3.64. The van der Waals surface area contributed by atoms with Crippen LogP contribution in [-0.4, -0.2) is 19.8 Å². The quantitative estimate of drug-likeness (QED) is 0.762. The standard InChI is InChI=1S/C16H24BrNO/c1-12(2)11-19-10-4-9-18-16-8-7-13-14(16)5-3-6-15(13)17/h3,5-6,12,16,18H,4,7-11H2,1-2H3. The number of fused-ring (bicyclic) bond motifs is 1. The number of halogens is 1. The Morgan fingerprint density at radius 3 is 3.05 bits per heavy atom. The van der Waals surface area contributed by atoms with Gasteiger partial charge in [0.1, 0.15) is 0 Å². The zero-order chi connectivity index (χ0) is 13.7. The Bertz CT molecular complexity index is 406. The molecule has 1 aromatic carbocycles. The highest BCUT2D eigenvalue weighted by molar-refractivity contribution is 9.10. The third kappa shape index (κ3) is 4.30. The number of hydrogen-bond acceptors (Lipinski definition) is 2. The van der Waals surface area contributed by atoms with E-state index in [1.807, 2.05) is 0 Å².